The number of aliphatic hydroxyl groups excluding tert-OH is 1. The fourth-order valence-electron chi connectivity index (χ4n) is 4.21. The number of carbonyl (C=O) groups excluding carboxylic acids is 2. The third kappa shape index (κ3) is 4.30. The second-order valence-corrected chi connectivity index (χ2v) is 7.94. The summed E-state index contributed by atoms with van der Waals surface area (Å²) in [6.45, 7) is 4.59. The molecule has 0 saturated carbocycles. The van der Waals surface area contributed by atoms with Crippen molar-refractivity contribution in [3.05, 3.63) is 41.1 Å². The summed E-state index contributed by atoms with van der Waals surface area (Å²) in [6.07, 6.45) is 0.786. The van der Waals surface area contributed by atoms with Crippen LogP contribution >= 0.6 is 0 Å². The average Bonchev–Trinajstić information content (AvgIpc) is 2.76. The van der Waals surface area contributed by atoms with E-state index >= 15 is 0 Å². The van der Waals surface area contributed by atoms with Crippen molar-refractivity contribution >= 4 is 22.8 Å². The number of pyridine rings is 1. The predicted molar refractivity (Wildman–Crippen MR) is 112 cm³/mol. The first-order chi connectivity index (χ1) is 14.6. The van der Waals surface area contributed by atoms with Crippen molar-refractivity contribution in [2.24, 2.45) is 0 Å². The molecule has 1 aromatic carbocycles. The molecule has 0 aliphatic carbocycles. The fourth-order valence-corrected chi connectivity index (χ4v) is 4.21. The largest absolute Gasteiger partial charge is 0.452 e. The number of para-hydroxylation sites is 1. The Bertz CT molecular complexity index is 940. The molecule has 8 heteroatoms. The number of amides is 1. The summed E-state index contributed by atoms with van der Waals surface area (Å²) >= 11 is 0. The number of aliphatic hydroxyl groups is 1. The van der Waals surface area contributed by atoms with Gasteiger partial charge in [0.1, 0.15) is 0 Å². The molecule has 4 rings (SSSR count). The van der Waals surface area contributed by atoms with Crippen LogP contribution in [0.3, 0.4) is 0 Å². The van der Waals surface area contributed by atoms with E-state index in [1.165, 1.54) is 0 Å². The minimum atomic E-state index is -0.465. The van der Waals surface area contributed by atoms with Crippen LogP contribution in [-0.2, 0) is 22.5 Å². The molecule has 8 nitrogen and oxygen atoms in total. The molecule has 2 aliphatic heterocycles. The molecule has 30 heavy (non-hydrogen) atoms. The molecule has 1 fully saturated rings. The van der Waals surface area contributed by atoms with Gasteiger partial charge in [0.2, 0.25) is 0 Å². The lowest BCUT2D eigenvalue weighted by Crippen LogP contribution is -2.50. The summed E-state index contributed by atoms with van der Waals surface area (Å²) in [6, 6.07) is 7.58. The standard InChI is InChI=1S/C22H28N4O4/c1-24-7-6-19-17(14-24)21(16-4-2-3-5-18(16)23-19)22(29)30-15-20(28)26-10-8-25(9-11-26)12-13-27/h2-5,27H,6-15H2,1H3. The molecule has 1 aromatic heterocycles. The number of β-amino-alcohol motifs (C(OH)–C–C–N with tert-alkyl or cyclic N) is 1. The molecule has 0 bridgehead atoms. The summed E-state index contributed by atoms with van der Waals surface area (Å²) in [4.78, 5) is 36.4. The number of hydrogen-bond donors (Lipinski definition) is 1. The highest BCUT2D eigenvalue weighted by molar-refractivity contribution is 6.05. The summed E-state index contributed by atoms with van der Waals surface area (Å²) in [5, 5.41) is 9.80. The number of piperazine rings is 1. The molecule has 0 unspecified atom stereocenters. The summed E-state index contributed by atoms with van der Waals surface area (Å²) in [7, 11) is 2.02. The van der Waals surface area contributed by atoms with Gasteiger partial charge in [-0.05, 0) is 13.1 Å². The van der Waals surface area contributed by atoms with Crippen molar-refractivity contribution < 1.29 is 19.4 Å². The lowest BCUT2D eigenvalue weighted by atomic mass is 9.96. The molecule has 160 valence electrons. The number of hydrogen-bond acceptors (Lipinski definition) is 7. The van der Waals surface area contributed by atoms with Gasteiger partial charge < -0.3 is 19.6 Å². The molecule has 2 aromatic rings. The molecule has 0 spiro atoms. The Morgan fingerprint density at radius 3 is 2.67 bits per heavy atom. The Balaban J connectivity index is 1.48. The van der Waals surface area contributed by atoms with Crippen LogP contribution in [0.4, 0.5) is 0 Å². The highest BCUT2D eigenvalue weighted by Crippen LogP contribution is 2.28. The highest BCUT2D eigenvalue weighted by atomic mass is 16.5. The number of carbonyl (C=O) groups is 2. The van der Waals surface area contributed by atoms with E-state index in [4.69, 9.17) is 14.8 Å². The van der Waals surface area contributed by atoms with Crippen LogP contribution in [0.15, 0.2) is 24.3 Å². The first-order valence-electron chi connectivity index (χ1n) is 10.4. The van der Waals surface area contributed by atoms with Crippen molar-refractivity contribution in [3.8, 4) is 0 Å². The number of ether oxygens (including phenoxy) is 1. The predicted octanol–water partition coefficient (Wildman–Crippen LogP) is 0.516. The fraction of sp³-hybridized carbons (Fsp3) is 0.500. The van der Waals surface area contributed by atoms with Gasteiger partial charge in [0, 0.05) is 68.9 Å². The molecule has 2 aliphatic rings. The van der Waals surface area contributed by atoms with Crippen LogP contribution in [0.1, 0.15) is 21.6 Å². The average molecular weight is 412 g/mol. The lowest BCUT2D eigenvalue weighted by Gasteiger charge is -2.34. The SMILES string of the molecule is CN1CCc2nc3ccccc3c(C(=O)OCC(=O)N3CCN(CCO)CC3)c2C1. The van der Waals surface area contributed by atoms with E-state index in [1.807, 2.05) is 31.3 Å². The van der Waals surface area contributed by atoms with Gasteiger partial charge in [0.15, 0.2) is 6.61 Å². The quantitative estimate of drug-likeness (QED) is 0.717. The third-order valence-electron chi connectivity index (χ3n) is 5.91. The smallest absolute Gasteiger partial charge is 0.339 e. The number of aromatic nitrogens is 1. The van der Waals surface area contributed by atoms with Crippen molar-refractivity contribution in [3.63, 3.8) is 0 Å². The number of nitrogens with zero attached hydrogens (tertiary/aromatic N) is 4. The van der Waals surface area contributed by atoms with Gasteiger partial charge in [0.05, 0.1) is 17.7 Å². The van der Waals surface area contributed by atoms with Gasteiger partial charge in [-0.3, -0.25) is 14.7 Å². The Hall–Kier alpha value is -2.55. The molecular weight excluding hydrogens is 384 g/mol. The lowest BCUT2D eigenvalue weighted by molar-refractivity contribution is -0.136. The highest BCUT2D eigenvalue weighted by Gasteiger charge is 2.27. The second-order valence-electron chi connectivity index (χ2n) is 7.94. The van der Waals surface area contributed by atoms with Crippen molar-refractivity contribution in [2.45, 2.75) is 13.0 Å². The number of rotatable bonds is 5. The molecule has 0 atom stereocenters. The Labute approximate surface area is 176 Å². The van der Waals surface area contributed by atoms with Gasteiger partial charge in [-0.1, -0.05) is 18.2 Å². The number of likely N-dealkylation sites (N-methyl/N-ethyl adjacent to an activating group) is 1. The zero-order valence-electron chi connectivity index (χ0n) is 17.3. The van der Waals surface area contributed by atoms with Crippen molar-refractivity contribution in [2.75, 3.05) is 59.5 Å². The van der Waals surface area contributed by atoms with Gasteiger partial charge in [-0.15, -0.1) is 0 Å². The zero-order valence-corrected chi connectivity index (χ0v) is 17.3. The topological polar surface area (TPSA) is 86.2 Å². The zero-order chi connectivity index (χ0) is 21.1. The minimum Gasteiger partial charge on any atom is -0.452 e. The van der Waals surface area contributed by atoms with Crippen molar-refractivity contribution in [1.82, 2.24) is 19.7 Å². The van der Waals surface area contributed by atoms with Crippen LogP contribution in [-0.4, -0.2) is 96.2 Å². The van der Waals surface area contributed by atoms with Crippen LogP contribution in [0.5, 0.6) is 0 Å². The van der Waals surface area contributed by atoms with E-state index in [-0.39, 0.29) is 19.1 Å². The summed E-state index contributed by atoms with van der Waals surface area (Å²) < 4.78 is 5.50. The maximum Gasteiger partial charge on any atom is 0.339 e. The second kappa shape index (κ2) is 9.07. The minimum absolute atomic E-state index is 0.116. The molecule has 0 radical (unpaired) electrons. The Morgan fingerprint density at radius 2 is 1.90 bits per heavy atom. The normalized spacial score (nSPS) is 17.7. The van der Waals surface area contributed by atoms with E-state index in [0.29, 0.717) is 31.7 Å². The van der Waals surface area contributed by atoms with E-state index < -0.39 is 5.97 Å². The van der Waals surface area contributed by atoms with E-state index in [2.05, 4.69) is 9.80 Å². The first kappa shape index (κ1) is 20.7. The van der Waals surface area contributed by atoms with E-state index in [1.54, 1.807) is 4.90 Å². The molecule has 1 amide bonds. The Kier molecular flexibility index (Phi) is 6.26. The van der Waals surface area contributed by atoms with Gasteiger partial charge in [-0.25, -0.2) is 4.79 Å². The molecule has 3 heterocycles. The van der Waals surface area contributed by atoms with E-state index in [0.717, 1.165) is 48.2 Å². The first-order valence-corrected chi connectivity index (χ1v) is 10.4. The summed E-state index contributed by atoms with van der Waals surface area (Å²) in [5.74, 6) is -0.649. The van der Waals surface area contributed by atoms with Crippen molar-refractivity contribution in [1.29, 1.82) is 0 Å². The number of esters is 1. The maximum absolute atomic E-state index is 13.1. The van der Waals surface area contributed by atoms with Crippen LogP contribution in [0.2, 0.25) is 0 Å². The summed E-state index contributed by atoms with van der Waals surface area (Å²) in [5.41, 5.74) is 3.14. The van der Waals surface area contributed by atoms with Gasteiger partial charge in [0.25, 0.3) is 5.91 Å². The maximum atomic E-state index is 13.1. The Morgan fingerprint density at radius 1 is 1.13 bits per heavy atom. The molecule has 1 N–H and O–H groups in total. The van der Waals surface area contributed by atoms with Gasteiger partial charge >= 0.3 is 5.97 Å². The van der Waals surface area contributed by atoms with Crippen LogP contribution < -0.4 is 0 Å². The van der Waals surface area contributed by atoms with Crippen LogP contribution in [0, 0.1) is 0 Å². The monoisotopic (exact) mass is 412 g/mol. The van der Waals surface area contributed by atoms with Gasteiger partial charge in [-0.2, -0.15) is 0 Å². The van der Waals surface area contributed by atoms with E-state index in [9.17, 15) is 9.59 Å². The number of benzene rings is 1. The molecule has 1 saturated heterocycles. The third-order valence-corrected chi connectivity index (χ3v) is 5.91. The van der Waals surface area contributed by atoms with Crippen LogP contribution in [0.25, 0.3) is 10.9 Å². The number of fused-ring (bicyclic) bond motifs is 2. The molecular formula is C22H28N4O4.